The second-order valence-electron chi connectivity index (χ2n) is 4.95. The molecule has 4 N–H and O–H groups in total. The van der Waals surface area contributed by atoms with Gasteiger partial charge in [-0.05, 0) is 30.5 Å². The lowest BCUT2D eigenvalue weighted by molar-refractivity contribution is 0.268. The predicted molar refractivity (Wildman–Crippen MR) is 82.7 cm³/mol. The fourth-order valence-electron chi connectivity index (χ4n) is 2.27. The van der Waals surface area contributed by atoms with Crippen LogP contribution in [0.25, 0.3) is 10.9 Å². The van der Waals surface area contributed by atoms with E-state index in [1.165, 1.54) is 5.56 Å². The third kappa shape index (κ3) is 3.17. The van der Waals surface area contributed by atoms with E-state index >= 15 is 0 Å². The van der Waals surface area contributed by atoms with Crippen LogP contribution in [0.4, 0.5) is 11.8 Å². The van der Waals surface area contributed by atoms with Gasteiger partial charge in [0.25, 0.3) is 0 Å². The molecular weight excluding hydrogens is 252 g/mol. The lowest BCUT2D eigenvalue weighted by Crippen LogP contribution is -2.24. The number of benzene rings is 1. The molecule has 1 aromatic carbocycles. The van der Waals surface area contributed by atoms with E-state index in [0.29, 0.717) is 5.82 Å². The van der Waals surface area contributed by atoms with Crippen molar-refractivity contribution in [3.05, 3.63) is 23.8 Å². The highest BCUT2D eigenvalue weighted by Gasteiger charge is 2.11. The fraction of sp³-hybridized carbons (Fsp3) is 0.467. The molecular formula is C15H22N4O. The molecule has 1 heterocycles. The van der Waals surface area contributed by atoms with Gasteiger partial charge in [0.15, 0.2) is 0 Å². The minimum absolute atomic E-state index is 0.0108. The Morgan fingerprint density at radius 1 is 1.30 bits per heavy atom. The Labute approximate surface area is 119 Å². The Balaban J connectivity index is 2.41. The second kappa shape index (κ2) is 6.52. The van der Waals surface area contributed by atoms with Gasteiger partial charge in [-0.2, -0.15) is 4.98 Å². The Bertz CT molecular complexity index is 585. The number of nitrogens with two attached hydrogens (primary N) is 1. The summed E-state index contributed by atoms with van der Waals surface area (Å²) in [6, 6.07) is 6.10. The van der Waals surface area contributed by atoms with Crippen molar-refractivity contribution >= 4 is 22.7 Å². The maximum atomic E-state index is 9.40. The molecule has 0 radical (unpaired) electrons. The number of hydrogen-bond donors (Lipinski definition) is 3. The number of aliphatic hydroxyl groups excluding tert-OH is 1. The third-order valence-electron chi connectivity index (χ3n) is 3.39. The standard InChI is InChI=1S/C15H22N4O/c1-3-5-11(9-20)17-14-12-7-6-10(4-2)8-13(12)18-15(16)19-14/h6-8,11,20H,3-5,9H2,1-2H3,(H3,16,17,18,19)/t11-/m0/s1. The molecule has 0 spiro atoms. The van der Waals surface area contributed by atoms with Gasteiger partial charge in [-0.1, -0.05) is 26.3 Å². The topological polar surface area (TPSA) is 84.1 Å². The molecule has 0 amide bonds. The number of aromatic nitrogens is 2. The Morgan fingerprint density at radius 2 is 2.10 bits per heavy atom. The summed E-state index contributed by atoms with van der Waals surface area (Å²) in [4.78, 5) is 8.56. The molecule has 5 nitrogen and oxygen atoms in total. The number of nitrogens with zero attached hydrogens (tertiary/aromatic N) is 2. The molecule has 108 valence electrons. The molecule has 0 aliphatic carbocycles. The first kappa shape index (κ1) is 14.5. The zero-order valence-corrected chi connectivity index (χ0v) is 12.1. The van der Waals surface area contributed by atoms with Gasteiger partial charge in [0.1, 0.15) is 5.82 Å². The fourth-order valence-corrected chi connectivity index (χ4v) is 2.27. The molecule has 1 atom stereocenters. The third-order valence-corrected chi connectivity index (χ3v) is 3.39. The summed E-state index contributed by atoms with van der Waals surface area (Å²) in [5, 5.41) is 13.6. The smallest absolute Gasteiger partial charge is 0.222 e. The van der Waals surface area contributed by atoms with E-state index < -0.39 is 0 Å². The van der Waals surface area contributed by atoms with E-state index in [1.54, 1.807) is 0 Å². The van der Waals surface area contributed by atoms with Crippen molar-refractivity contribution < 1.29 is 5.11 Å². The Hall–Kier alpha value is -1.88. The molecule has 2 rings (SSSR count). The van der Waals surface area contributed by atoms with Crippen LogP contribution < -0.4 is 11.1 Å². The van der Waals surface area contributed by atoms with Crippen LogP contribution in [-0.4, -0.2) is 27.7 Å². The molecule has 20 heavy (non-hydrogen) atoms. The van der Waals surface area contributed by atoms with Gasteiger partial charge in [-0.25, -0.2) is 4.98 Å². The average Bonchev–Trinajstić information content (AvgIpc) is 2.45. The van der Waals surface area contributed by atoms with Crippen molar-refractivity contribution in [2.75, 3.05) is 17.7 Å². The quantitative estimate of drug-likeness (QED) is 0.753. The van der Waals surface area contributed by atoms with Crippen molar-refractivity contribution in [3.8, 4) is 0 Å². The maximum absolute atomic E-state index is 9.40. The minimum Gasteiger partial charge on any atom is -0.394 e. The van der Waals surface area contributed by atoms with Gasteiger partial charge < -0.3 is 16.2 Å². The van der Waals surface area contributed by atoms with Gasteiger partial charge in [0.05, 0.1) is 18.2 Å². The number of anilines is 2. The number of rotatable bonds is 6. The van der Waals surface area contributed by atoms with Crippen molar-refractivity contribution in [1.82, 2.24) is 9.97 Å². The van der Waals surface area contributed by atoms with E-state index in [-0.39, 0.29) is 18.6 Å². The van der Waals surface area contributed by atoms with Crippen LogP contribution in [0.3, 0.4) is 0 Å². The number of aryl methyl sites for hydroxylation is 1. The molecule has 1 aromatic heterocycles. The normalized spacial score (nSPS) is 12.6. The number of fused-ring (bicyclic) bond motifs is 1. The first-order chi connectivity index (χ1) is 9.67. The SMILES string of the molecule is CCC[C@@H](CO)Nc1nc(N)nc2cc(CC)ccc12. The van der Waals surface area contributed by atoms with Crippen LogP contribution in [0, 0.1) is 0 Å². The molecule has 0 saturated heterocycles. The van der Waals surface area contributed by atoms with Gasteiger partial charge in [-0.15, -0.1) is 0 Å². The molecule has 5 heteroatoms. The summed E-state index contributed by atoms with van der Waals surface area (Å²) in [7, 11) is 0. The Kier molecular flexibility index (Phi) is 4.74. The van der Waals surface area contributed by atoms with Gasteiger partial charge in [0.2, 0.25) is 5.95 Å². The van der Waals surface area contributed by atoms with Crippen LogP contribution in [-0.2, 0) is 6.42 Å². The molecule has 0 fully saturated rings. The summed E-state index contributed by atoms with van der Waals surface area (Å²) < 4.78 is 0. The van der Waals surface area contributed by atoms with Crippen molar-refractivity contribution in [2.45, 2.75) is 39.2 Å². The molecule has 0 bridgehead atoms. The van der Waals surface area contributed by atoms with Crippen LogP contribution in [0.15, 0.2) is 18.2 Å². The highest BCUT2D eigenvalue weighted by molar-refractivity contribution is 5.90. The van der Waals surface area contributed by atoms with Crippen molar-refractivity contribution in [3.63, 3.8) is 0 Å². The largest absolute Gasteiger partial charge is 0.394 e. The Morgan fingerprint density at radius 3 is 2.75 bits per heavy atom. The zero-order chi connectivity index (χ0) is 14.5. The van der Waals surface area contributed by atoms with E-state index in [9.17, 15) is 5.11 Å². The van der Waals surface area contributed by atoms with E-state index in [1.807, 2.05) is 12.1 Å². The van der Waals surface area contributed by atoms with E-state index in [2.05, 4.69) is 35.2 Å². The number of nitrogen functional groups attached to an aromatic ring is 1. The first-order valence-corrected chi connectivity index (χ1v) is 7.11. The first-order valence-electron chi connectivity index (χ1n) is 7.11. The number of nitrogens with one attached hydrogen (secondary N) is 1. The monoisotopic (exact) mass is 274 g/mol. The molecule has 0 aliphatic rings. The summed E-state index contributed by atoms with van der Waals surface area (Å²) in [5.74, 6) is 0.948. The van der Waals surface area contributed by atoms with E-state index in [4.69, 9.17) is 5.73 Å². The molecule has 0 unspecified atom stereocenters. The number of hydrogen-bond acceptors (Lipinski definition) is 5. The lowest BCUT2D eigenvalue weighted by Gasteiger charge is -2.17. The predicted octanol–water partition coefficient (Wildman–Crippen LogP) is 2.35. The number of aliphatic hydroxyl groups is 1. The molecule has 2 aromatic rings. The maximum Gasteiger partial charge on any atom is 0.222 e. The summed E-state index contributed by atoms with van der Waals surface area (Å²) >= 11 is 0. The van der Waals surface area contributed by atoms with Gasteiger partial charge in [0, 0.05) is 5.39 Å². The minimum atomic E-state index is -0.0108. The average molecular weight is 274 g/mol. The van der Waals surface area contributed by atoms with Crippen LogP contribution >= 0.6 is 0 Å². The van der Waals surface area contributed by atoms with E-state index in [0.717, 1.165) is 30.2 Å². The summed E-state index contributed by atoms with van der Waals surface area (Å²) in [5.41, 5.74) is 7.84. The van der Waals surface area contributed by atoms with Crippen molar-refractivity contribution in [2.24, 2.45) is 0 Å². The second-order valence-corrected chi connectivity index (χ2v) is 4.95. The lowest BCUT2D eigenvalue weighted by atomic mass is 10.1. The van der Waals surface area contributed by atoms with Crippen LogP contribution in [0.1, 0.15) is 32.3 Å². The van der Waals surface area contributed by atoms with Gasteiger partial charge >= 0.3 is 0 Å². The van der Waals surface area contributed by atoms with Crippen LogP contribution in [0.5, 0.6) is 0 Å². The molecule has 0 saturated carbocycles. The van der Waals surface area contributed by atoms with Crippen LogP contribution in [0.2, 0.25) is 0 Å². The highest BCUT2D eigenvalue weighted by Crippen LogP contribution is 2.23. The van der Waals surface area contributed by atoms with Crippen molar-refractivity contribution in [1.29, 1.82) is 0 Å². The summed E-state index contributed by atoms with van der Waals surface area (Å²) in [6.45, 7) is 4.27. The van der Waals surface area contributed by atoms with Gasteiger partial charge in [-0.3, -0.25) is 0 Å². The zero-order valence-electron chi connectivity index (χ0n) is 12.1. The highest BCUT2D eigenvalue weighted by atomic mass is 16.3. The summed E-state index contributed by atoms with van der Waals surface area (Å²) in [6.07, 6.45) is 2.84. The molecule has 0 aliphatic heterocycles.